The van der Waals surface area contributed by atoms with E-state index in [1.807, 2.05) is 37.4 Å². The molecule has 1 fully saturated rings. The minimum atomic E-state index is -0.593. The third-order valence-electron chi connectivity index (χ3n) is 3.78. The van der Waals surface area contributed by atoms with Crippen LogP contribution in [-0.2, 0) is 9.59 Å². The first-order chi connectivity index (χ1) is 11.9. The summed E-state index contributed by atoms with van der Waals surface area (Å²) in [4.78, 5) is 38.3. The molecule has 3 rings (SSSR count). The van der Waals surface area contributed by atoms with Gasteiger partial charge in [-0.25, -0.2) is 9.69 Å². The molecule has 0 unspecified atom stereocenters. The average Bonchev–Trinajstić information content (AvgIpc) is 3.08. The molecular weight excluding hydrogens is 338 g/mol. The summed E-state index contributed by atoms with van der Waals surface area (Å²) in [5, 5.41) is 7.11. The minimum Gasteiger partial charge on any atom is -0.325 e. The smallest absolute Gasteiger partial charge is 0.325 e. The van der Waals surface area contributed by atoms with Gasteiger partial charge in [0.15, 0.2) is 0 Å². The van der Waals surface area contributed by atoms with Gasteiger partial charge in [0.2, 0.25) is 5.91 Å². The fourth-order valence-electron chi connectivity index (χ4n) is 2.36. The van der Waals surface area contributed by atoms with Crippen LogP contribution < -0.4 is 10.6 Å². The van der Waals surface area contributed by atoms with Gasteiger partial charge in [0.25, 0.3) is 5.91 Å². The molecule has 4 amide bonds. The number of nitrogens with one attached hydrogen (secondary N) is 2. The fraction of sp³-hybridized carbons (Fsp3) is 0.167. The van der Waals surface area contributed by atoms with Gasteiger partial charge < -0.3 is 10.6 Å². The maximum atomic E-state index is 12.4. The Bertz CT molecular complexity index is 868. The van der Waals surface area contributed by atoms with E-state index in [2.05, 4.69) is 10.6 Å². The molecule has 2 N–H and O–H groups in total. The Morgan fingerprint density at radius 3 is 2.56 bits per heavy atom. The molecule has 6 nitrogen and oxygen atoms in total. The lowest BCUT2D eigenvalue weighted by atomic mass is 10.2. The summed E-state index contributed by atoms with van der Waals surface area (Å²) in [6.45, 7) is 3.54. The van der Waals surface area contributed by atoms with Crippen LogP contribution in [0.3, 0.4) is 0 Å². The van der Waals surface area contributed by atoms with Crippen LogP contribution in [-0.4, -0.2) is 29.3 Å². The number of hydrogen-bond acceptors (Lipinski definition) is 4. The van der Waals surface area contributed by atoms with Gasteiger partial charge in [-0.3, -0.25) is 9.59 Å². The second-order valence-corrected chi connectivity index (χ2v) is 6.71. The highest BCUT2D eigenvalue weighted by atomic mass is 32.1. The summed E-state index contributed by atoms with van der Waals surface area (Å²) in [7, 11) is 0. The molecule has 0 spiro atoms. The molecule has 0 atom stereocenters. The largest absolute Gasteiger partial charge is 0.329 e. The van der Waals surface area contributed by atoms with E-state index in [4.69, 9.17) is 0 Å². The zero-order valence-corrected chi connectivity index (χ0v) is 14.6. The number of rotatable bonds is 4. The van der Waals surface area contributed by atoms with Crippen molar-refractivity contribution in [2.75, 3.05) is 11.9 Å². The number of thiophene rings is 1. The van der Waals surface area contributed by atoms with E-state index < -0.39 is 17.8 Å². The van der Waals surface area contributed by atoms with Crippen LogP contribution in [0.5, 0.6) is 0 Å². The molecule has 128 valence electrons. The molecular formula is C18H17N3O3S. The lowest BCUT2D eigenvalue weighted by molar-refractivity contribution is -0.127. The number of aryl methyl sites for hydroxylation is 2. The first-order valence-electron chi connectivity index (χ1n) is 7.69. The molecule has 2 aromatic rings. The van der Waals surface area contributed by atoms with Crippen molar-refractivity contribution in [1.82, 2.24) is 10.2 Å². The molecule has 1 aromatic carbocycles. The molecule has 2 heterocycles. The molecule has 0 aliphatic carbocycles. The quantitative estimate of drug-likeness (QED) is 0.654. The highest BCUT2D eigenvalue weighted by molar-refractivity contribution is 7.11. The van der Waals surface area contributed by atoms with Crippen LogP contribution in [0.25, 0.3) is 6.08 Å². The summed E-state index contributed by atoms with van der Waals surface area (Å²) in [6, 6.07) is 8.62. The number of imide groups is 1. The number of nitrogens with zero attached hydrogens (tertiary/aromatic N) is 1. The number of carbonyl (C=O) groups excluding carboxylic acids is 3. The van der Waals surface area contributed by atoms with Crippen LogP contribution in [0.4, 0.5) is 10.5 Å². The normalized spacial score (nSPS) is 15.6. The van der Waals surface area contributed by atoms with Crippen molar-refractivity contribution in [2.24, 2.45) is 0 Å². The molecule has 0 saturated carbocycles. The Morgan fingerprint density at radius 1 is 1.20 bits per heavy atom. The van der Waals surface area contributed by atoms with E-state index in [0.29, 0.717) is 5.69 Å². The summed E-state index contributed by atoms with van der Waals surface area (Å²) in [5.74, 6) is -0.933. The van der Waals surface area contributed by atoms with Crippen molar-refractivity contribution in [3.63, 3.8) is 0 Å². The van der Waals surface area contributed by atoms with Crippen LogP contribution in [0.1, 0.15) is 16.0 Å². The topological polar surface area (TPSA) is 78.5 Å². The highest BCUT2D eigenvalue weighted by Gasteiger charge is 2.35. The van der Waals surface area contributed by atoms with Crippen LogP contribution in [0, 0.1) is 13.8 Å². The summed E-state index contributed by atoms with van der Waals surface area (Å²) >= 11 is 1.48. The number of carbonyl (C=O) groups is 3. The Labute approximate surface area is 149 Å². The summed E-state index contributed by atoms with van der Waals surface area (Å²) in [6.07, 6.45) is 1.64. The van der Waals surface area contributed by atoms with Gasteiger partial charge in [0, 0.05) is 10.6 Å². The van der Waals surface area contributed by atoms with Gasteiger partial charge in [-0.1, -0.05) is 17.7 Å². The van der Waals surface area contributed by atoms with E-state index in [9.17, 15) is 14.4 Å². The van der Waals surface area contributed by atoms with Crippen molar-refractivity contribution in [3.8, 4) is 0 Å². The average molecular weight is 355 g/mol. The lowest BCUT2D eigenvalue weighted by Crippen LogP contribution is -2.38. The molecule has 7 heteroatoms. The Morgan fingerprint density at radius 2 is 1.92 bits per heavy atom. The number of anilines is 1. The van der Waals surface area contributed by atoms with Gasteiger partial charge in [0.1, 0.15) is 12.2 Å². The summed E-state index contributed by atoms with van der Waals surface area (Å²) in [5.41, 5.74) is 2.90. The van der Waals surface area contributed by atoms with Gasteiger partial charge in [-0.15, -0.1) is 11.3 Å². The predicted octanol–water partition coefficient (Wildman–Crippen LogP) is 2.90. The van der Waals surface area contributed by atoms with Crippen LogP contribution >= 0.6 is 11.3 Å². The van der Waals surface area contributed by atoms with E-state index in [1.54, 1.807) is 18.2 Å². The van der Waals surface area contributed by atoms with Crippen molar-refractivity contribution in [3.05, 3.63) is 57.4 Å². The van der Waals surface area contributed by atoms with Crippen LogP contribution in [0.15, 0.2) is 41.4 Å². The molecule has 1 aromatic heterocycles. The van der Waals surface area contributed by atoms with Crippen LogP contribution in [0.2, 0.25) is 0 Å². The first kappa shape index (κ1) is 16.9. The SMILES string of the molecule is Cc1ccc(NC(=O)CN2C(=O)N/C(=C/c3sccc3C)C2=O)cc1. The van der Waals surface area contributed by atoms with Crippen molar-refractivity contribution < 1.29 is 14.4 Å². The van der Waals surface area contributed by atoms with E-state index >= 15 is 0 Å². The van der Waals surface area contributed by atoms with E-state index in [0.717, 1.165) is 20.9 Å². The Balaban J connectivity index is 1.68. The number of amides is 4. The Hall–Kier alpha value is -2.93. The third kappa shape index (κ3) is 3.77. The number of benzene rings is 1. The number of hydrogen-bond donors (Lipinski definition) is 2. The molecule has 1 aliphatic rings. The number of urea groups is 1. The van der Waals surface area contributed by atoms with E-state index in [-0.39, 0.29) is 12.2 Å². The monoisotopic (exact) mass is 355 g/mol. The second kappa shape index (κ2) is 6.90. The molecule has 0 radical (unpaired) electrons. The van der Waals surface area contributed by atoms with E-state index in [1.165, 1.54) is 11.3 Å². The zero-order chi connectivity index (χ0) is 18.0. The third-order valence-corrected chi connectivity index (χ3v) is 4.74. The lowest BCUT2D eigenvalue weighted by Gasteiger charge is -2.12. The maximum absolute atomic E-state index is 12.4. The fourth-order valence-corrected chi connectivity index (χ4v) is 3.22. The summed E-state index contributed by atoms with van der Waals surface area (Å²) < 4.78 is 0. The van der Waals surface area contributed by atoms with Crippen molar-refractivity contribution >= 4 is 40.9 Å². The predicted molar refractivity (Wildman–Crippen MR) is 97.1 cm³/mol. The molecule has 1 saturated heterocycles. The van der Waals surface area contributed by atoms with Gasteiger partial charge in [-0.05, 0) is 49.1 Å². The highest BCUT2D eigenvalue weighted by Crippen LogP contribution is 2.21. The molecule has 0 bridgehead atoms. The Kier molecular flexibility index (Phi) is 4.67. The second-order valence-electron chi connectivity index (χ2n) is 5.76. The minimum absolute atomic E-state index is 0.179. The van der Waals surface area contributed by atoms with Gasteiger partial charge in [0.05, 0.1) is 0 Å². The standard InChI is InChI=1S/C18H17N3O3S/c1-11-3-5-13(6-4-11)19-16(22)10-21-17(23)14(20-18(21)24)9-15-12(2)7-8-25-15/h3-9H,10H2,1-2H3,(H,19,22)(H,20,24)/b14-9+. The molecule has 25 heavy (non-hydrogen) atoms. The van der Waals surface area contributed by atoms with Gasteiger partial charge >= 0.3 is 6.03 Å². The van der Waals surface area contributed by atoms with Crippen molar-refractivity contribution in [1.29, 1.82) is 0 Å². The van der Waals surface area contributed by atoms with Gasteiger partial charge in [-0.2, -0.15) is 0 Å². The maximum Gasteiger partial charge on any atom is 0.329 e. The van der Waals surface area contributed by atoms with Crippen molar-refractivity contribution in [2.45, 2.75) is 13.8 Å². The molecule has 1 aliphatic heterocycles. The first-order valence-corrected chi connectivity index (χ1v) is 8.57. The zero-order valence-electron chi connectivity index (χ0n) is 13.8.